The smallest absolute Gasteiger partial charge is 0.174 e. The lowest BCUT2D eigenvalue weighted by molar-refractivity contribution is -0.297. The molecule has 0 saturated carbocycles. The van der Waals surface area contributed by atoms with Crippen LogP contribution < -0.4 is 5.11 Å². The molecule has 1 aromatic heterocycles. The Balaban J connectivity index is 2.79. The second-order valence-corrected chi connectivity index (χ2v) is 2.26. The summed E-state index contributed by atoms with van der Waals surface area (Å²) in [5.41, 5.74) is 0.610. The second kappa shape index (κ2) is 3.16. The SMILES string of the molecule is O=C([O-])/C=C/c1c[nH]c(=S)[nH]1. The summed E-state index contributed by atoms with van der Waals surface area (Å²) in [7, 11) is 0. The maximum atomic E-state index is 9.93. The van der Waals surface area contributed by atoms with Crippen LogP contribution in [-0.4, -0.2) is 15.9 Å². The van der Waals surface area contributed by atoms with Crippen LogP contribution in [0.15, 0.2) is 12.3 Å². The molecule has 58 valence electrons. The fourth-order valence-electron chi connectivity index (χ4n) is 0.594. The topological polar surface area (TPSA) is 71.7 Å². The van der Waals surface area contributed by atoms with Crippen molar-refractivity contribution in [2.45, 2.75) is 0 Å². The average molecular weight is 169 g/mol. The molecule has 0 aromatic carbocycles. The Hall–Kier alpha value is -1.36. The zero-order chi connectivity index (χ0) is 8.27. The highest BCUT2D eigenvalue weighted by molar-refractivity contribution is 7.71. The van der Waals surface area contributed by atoms with Crippen LogP contribution in [0.2, 0.25) is 0 Å². The van der Waals surface area contributed by atoms with Crippen LogP contribution in [0.5, 0.6) is 0 Å². The molecular formula is C6H5N2O2S-. The molecule has 1 aromatic rings. The number of carbonyl (C=O) groups excluding carboxylic acids is 1. The number of imidazole rings is 1. The number of carboxylic acid groups (broad SMARTS) is 1. The molecule has 0 aliphatic carbocycles. The summed E-state index contributed by atoms with van der Waals surface area (Å²) in [6.45, 7) is 0. The van der Waals surface area contributed by atoms with Crippen LogP contribution in [0.3, 0.4) is 0 Å². The van der Waals surface area contributed by atoms with Crippen LogP contribution in [-0.2, 0) is 4.79 Å². The Morgan fingerprint density at radius 3 is 2.91 bits per heavy atom. The van der Waals surface area contributed by atoms with Gasteiger partial charge in [0.2, 0.25) is 0 Å². The van der Waals surface area contributed by atoms with Gasteiger partial charge in [-0.3, -0.25) is 0 Å². The highest BCUT2D eigenvalue weighted by atomic mass is 32.1. The Bertz CT molecular complexity index is 336. The standard InChI is InChI=1S/C6H6N2O2S/c9-5(10)2-1-4-3-7-6(11)8-4/h1-3H,(H,9,10)(H2,7,8,11)/p-1/b2-1+. The zero-order valence-corrected chi connectivity index (χ0v) is 6.27. The fourth-order valence-corrected chi connectivity index (χ4v) is 0.771. The third kappa shape index (κ3) is 2.38. The van der Waals surface area contributed by atoms with E-state index in [0.29, 0.717) is 10.5 Å². The summed E-state index contributed by atoms with van der Waals surface area (Å²) in [5, 5.41) is 9.93. The number of hydrogen-bond acceptors (Lipinski definition) is 3. The van der Waals surface area contributed by atoms with E-state index in [0.717, 1.165) is 6.08 Å². The van der Waals surface area contributed by atoms with Crippen LogP contribution in [0, 0.1) is 4.77 Å². The molecule has 0 aliphatic heterocycles. The Labute approximate surface area is 67.6 Å². The first-order valence-corrected chi connectivity index (χ1v) is 3.26. The summed E-state index contributed by atoms with van der Waals surface area (Å²) in [6, 6.07) is 0. The summed E-state index contributed by atoms with van der Waals surface area (Å²) in [6.07, 6.45) is 3.86. The van der Waals surface area contributed by atoms with Crippen LogP contribution in [0.25, 0.3) is 6.08 Å². The molecule has 0 saturated heterocycles. The van der Waals surface area contributed by atoms with Gasteiger partial charge in [0.15, 0.2) is 4.77 Å². The van der Waals surface area contributed by atoms with E-state index in [1.807, 2.05) is 0 Å². The fraction of sp³-hybridized carbons (Fsp3) is 0. The highest BCUT2D eigenvalue weighted by Gasteiger charge is 1.85. The van der Waals surface area contributed by atoms with Crippen molar-refractivity contribution in [3.8, 4) is 0 Å². The average Bonchev–Trinajstić information content (AvgIpc) is 2.31. The van der Waals surface area contributed by atoms with Crippen LogP contribution >= 0.6 is 12.2 Å². The molecule has 0 bridgehead atoms. The predicted octanol–water partition coefficient (Wildman–Crippen LogP) is -0.165. The van der Waals surface area contributed by atoms with Gasteiger partial charge in [0.1, 0.15) is 0 Å². The number of aliphatic carboxylic acids is 1. The molecule has 0 fully saturated rings. The molecule has 1 rings (SSSR count). The van der Waals surface area contributed by atoms with Gasteiger partial charge in [0.25, 0.3) is 0 Å². The van der Waals surface area contributed by atoms with Crippen molar-refractivity contribution in [2.75, 3.05) is 0 Å². The lowest BCUT2D eigenvalue weighted by Gasteiger charge is -1.87. The summed E-state index contributed by atoms with van der Waals surface area (Å²) in [4.78, 5) is 15.3. The third-order valence-electron chi connectivity index (χ3n) is 1.02. The Morgan fingerprint density at radius 1 is 1.73 bits per heavy atom. The zero-order valence-electron chi connectivity index (χ0n) is 5.46. The number of nitrogens with one attached hydrogen (secondary N) is 2. The Kier molecular flexibility index (Phi) is 2.22. The van der Waals surface area contributed by atoms with Gasteiger partial charge in [-0.2, -0.15) is 0 Å². The molecule has 0 amide bonds. The van der Waals surface area contributed by atoms with Crippen LogP contribution in [0.1, 0.15) is 5.69 Å². The van der Waals surface area contributed by atoms with Gasteiger partial charge in [0, 0.05) is 6.20 Å². The molecule has 11 heavy (non-hydrogen) atoms. The molecule has 0 spiro atoms. The first-order chi connectivity index (χ1) is 5.18. The largest absolute Gasteiger partial charge is 0.545 e. The molecule has 0 unspecified atom stereocenters. The monoisotopic (exact) mass is 169 g/mol. The molecule has 0 radical (unpaired) electrons. The minimum Gasteiger partial charge on any atom is -0.545 e. The van der Waals surface area contributed by atoms with Gasteiger partial charge in [-0.15, -0.1) is 0 Å². The highest BCUT2D eigenvalue weighted by Crippen LogP contribution is 1.94. The number of carbonyl (C=O) groups is 1. The number of rotatable bonds is 2. The number of H-pyrrole nitrogens is 2. The van der Waals surface area contributed by atoms with Gasteiger partial charge in [-0.05, 0) is 24.4 Å². The molecule has 0 atom stereocenters. The van der Waals surface area contributed by atoms with Gasteiger partial charge >= 0.3 is 0 Å². The third-order valence-corrected chi connectivity index (χ3v) is 1.24. The summed E-state index contributed by atoms with van der Waals surface area (Å²) >= 11 is 4.70. The maximum Gasteiger partial charge on any atom is 0.174 e. The van der Waals surface area contributed by atoms with Crippen molar-refractivity contribution in [3.63, 3.8) is 0 Å². The van der Waals surface area contributed by atoms with Gasteiger partial charge < -0.3 is 19.9 Å². The number of aromatic amines is 2. The van der Waals surface area contributed by atoms with E-state index in [1.54, 1.807) is 6.20 Å². The van der Waals surface area contributed by atoms with Gasteiger partial charge in [0.05, 0.1) is 11.7 Å². The van der Waals surface area contributed by atoms with Crippen molar-refractivity contribution in [3.05, 3.63) is 22.7 Å². The van der Waals surface area contributed by atoms with Crippen molar-refractivity contribution in [2.24, 2.45) is 0 Å². The number of hydrogen-bond donors (Lipinski definition) is 2. The van der Waals surface area contributed by atoms with Crippen molar-refractivity contribution >= 4 is 24.3 Å². The van der Waals surface area contributed by atoms with Gasteiger partial charge in [-0.25, -0.2) is 0 Å². The molecular weight excluding hydrogens is 164 g/mol. The molecule has 2 N–H and O–H groups in total. The molecule has 0 aliphatic rings. The lowest BCUT2D eigenvalue weighted by Crippen LogP contribution is -2.18. The van der Waals surface area contributed by atoms with E-state index in [4.69, 9.17) is 12.2 Å². The molecule has 5 heteroatoms. The quantitative estimate of drug-likeness (QED) is 0.477. The molecule has 4 nitrogen and oxygen atoms in total. The Morgan fingerprint density at radius 2 is 2.45 bits per heavy atom. The minimum absolute atomic E-state index is 0.461. The van der Waals surface area contributed by atoms with Crippen LogP contribution in [0.4, 0.5) is 0 Å². The van der Waals surface area contributed by atoms with E-state index < -0.39 is 5.97 Å². The second-order valence-electron chi connectivity index (χ2n) is 1.85. The first-order valence-electron chi connectivity index (χ1n) is 2.85. The van der Waals surface area contributed by atoms with E-state index in [9.17, 15) is 9.90 Å². The van der Waals surface area contributed by atoms with Crippen molar-refractivity contribution in [1.29, 1.82) is 0 Å². The number of aromatic nitrogens is 2. The normalized spacial score (nSPS) is 10.5. The lowest BCUT2D eigenvalue weighted by atomic mass is 10.4. The minimum atomic E-state index is -1.23. The first kappa shape index (κ1) is 7.74. The van der Waals surface area contributed by atoms with Gasteiger partial charge in [-0.1, -0.05) is 0 Å². The van der Waals surface area contributed by atoms with E-state index in [1.165, 1.54) is 6.08 Å². The predicted molar refractivity (Wildman–Crippen MR) is 40.0 cm³/mol. The van der Waals surface area contributed by atoms with E-state index >= 15 is 0 Å². The van der Waals surface area contributed by atoms with Crippen molar-refractivity contribution in [1.82, 2.24) is 9.97 Å². The maximum absolute atomic E-state index is 9.93. The van der Waals surface area contributed by atoms with Crippen molar-refractivity contribution < 1.29 is 9.90 Å². The summed E-state index contributed by atoms with van der Waals surface area (Å²) in [5.74, 6) is -1.23. The van der Waals surface area contributed by atoms with E-state index in [2.05, 4.69) is 9.97 Å². The number of carboxylic acids is 1. The molecule has 1 heterocycles. The van der Waals surface area contributed by atoms with E-state index in [-0.39, 0.29) is 0 Å². The summed E-state index contributed by atoms with van der Waals surface area (Å²) < 4.78 is 0.461.